The summed E-state index contributed by atoms with van der Waals surface area (Å²) in [5, 5.41) is 12.4. The molecule has 6 fully saturated rings. The molecular weight excluding hydrogens is 805 g/mol. The van der Waals surface area contributed by atoms with Gasteiger partial charge in [-0.25, -0.2) is 0 Å². The first-order chi connectivity index (χ1) is 30.6. The summed E-state index contributed by atoms with van der Waals surface area (Å²) in [5.41, 5.74) is 4.31. The Morgan fingerprint density at radius 2 is 1.30 bits per heavy atom. The predicted molar refractivity (Wildman–Crippen MR) is 229 cm³/mol. The van der Waals surface area contributed by atoms with E-state index in [1.54, 1.807) is 11.0 Å². The van der Waals surface area contributed by atoms with Crippen LogP contribution in [0.2, 0.25) is 0 Å². The third-order valence-corrected chi connectivity index (χ3v) is 15.1. The van der Waals surface area contributed by atoms with Gasteiger partial charge in [0.05, 0.1) is 11.1 Å². The second kappa shape index (κ2) is 17.6. The zero-order chi connectivity index (χ0) is 43.4. The number of amides is 7. The molecule has 6 saturated heterocycles. The molecular formula is C46H58N10O7. The Labute approximate surface area is 367 Å². The standard InChI is InChI=1S/C46H58N10O7/c57-39-8-6-37(42(59)49-39)55-26-30-22-28(4-5-33(30)44(55)61)24-52-18-20-53(21-19-52)32-10-13-47-35(23-32)36-27-54(17-14-48-36)31-11-15-51(16-12-31)25-29-2-1-3-34-41(29)46(63)56(45(34)62)38-7-9-40(58)50-43(38)60/h1-5,22,31-32,35-38,47-48H,6-21,23-27H2,(H,49,57,59)(H,50,58,60). The Kier molecular flexibility index (Phi) is 11.7. The molecule has 0 spiro atoms. The number of rotatable bonds is 9. The van der Waals surface area contributed by atoms with E-state index in [0.717, 1.165) is 114 Å². The van der Waals surface area contributed by atoms with Gasteiger partial charge in [0, 0.05) is 108 Å². The first kappa shape index (κ1) is 42.1. The highest BCUT2D eigenvalue weighted by atomic mass is 16.2. The van der Waals surface area contributed by atoms with Gasteiger partial charge in [0.25, 0.3) is 17.7 Å². The highest BCUT2D eigenvalue weighted by Gasteiger charge is 2.46. The summed E-state index contributed by atoms with van der Waals surface area (Å²) in [6.07, 6.45) is 5.19. The summed E-state index contributed by atoms with van der Waals surface area (Å²) in [7, 11) is 0. The number of imide groups is 3. The lowest BCUT2D eigenvalue weighted by Crippen LogP contribution is -2.64. The van der Waals surface area contributed by atoms with Gasteiger partial charge in [-0.2, -0.15) is 0 Å². The van der Waals surface area contributed by atoms with E-state index in [1.807, 2.05) is 24.3 Å². The lowest BCUT2D eigenvalue weighted by Gasteiger charge is -2.47. The number of nitrogens with zero attached hydrogens (tertiary/aromatic N) is 6. The molecule has 10 rings (SSSR count). The van der Waals surface area contributed by atoms with Crippen molar-refractivity contribution in [3.05, 3.63) is 69.8 Å². The number of fused-ring (bicyclic) bond motifs is 2. The summed E-state index contributed by atoms with van der Waals surface area (Å²) in [4.78, 5) is 102. The van der Waals surface area contributed by atoms with Gasteiger partial charge in [-0.05, 0) is 87.0 Å². The fraction of sp³-hybridized carbons (Fsp3) is 0.587. The Morgan fingerprint density at radius 1 is 0.587 bits per heavy atom. The molecule has 0 aliphatic carbocycles. The molecule has 17 heteroatoms. The molecule has 5 unspecified atom stereocenters. The summed E-state index contributed by atoms with van der Waals surface area (Å²) < 4.78 is 0. The number of hydrogen-bond acceptors (Lipinski definition) is 13. The topological polar surface area (TPSA) is 187 Å². The van der Waals surface area contributed by atoms with Gasteiger partial charge < -0.3 is 15.5 Å². The minimum Gasteiger partial charge on any atom is -0.322 e. The van der Waals surface area contributed by atoms with Crippen LogP contribution in [0.15, 0.2) is 36.4 Å². The van der Waals surface area contributed by atoms with Crippen LogP contribution in [0.25, 0.3) is 0 Å². The smallest absolute Gasteiger partial charge is 0.262 e. The van der Waals surface area contributed by atoms with E-state index in [9.17, 15) is 33.6 Å². The Morgan fingerprint density at radius 3 is 2.05 bits per heavy atom. The van der Waals surface area contributed by atoms with Crippen LogP contribution in [0.5, 0.6) is 0 Å². The molecule has 0 saturated carbocycles. The minimum absolute atomic E-state index is 0.0973. The summed E-state index contributed by atoms with van der Waals surface area (Å²) in [6, 6.07) is 11.7. The number of nitrogens with one attached hydrogen (secondary N) is 4. The first-order valence-electron chi connectivity index (χ1n) is 23.1. The van der Waals surface area contributed by atoms with Gasteiger partial charge in [0.2, 0.25) is 23.6 Å². The number of likely N-dealkylation sites (tertiary alicyclic amines) is 1. The molecule has 0 bridgehead atoms. The third kappa shape index (κ3) is 8.35. The van der Waals surface area contributed by atoms with Crippen LogP contribution in [-0.2, 0) is 38.8 Å². The van der Waals surface area contributed by atoms with Crippen molar-refractivity contribution in [3.8, 4) is 0 Å². The fourth-order valence-corrected chi connectivity index (χ4v) is 11.6. The highest BCUT2D eigenvalue weighted by Crippen LogP contribution is 2.33. The number of hydrogen-bond donors (Lipinski definition) is 4. The number of piperidine rings is 4. The normalized spacial score (nSPS) is 29.6. The van der Waals surface area contributed by atoms with E-state index in [2.05, 4.69) is 46.9 Å². The molecule has 8 aliphatic rings. The maximum atomic E-state index is 13.7. The van der Waals surface area contributed by atoms with E-state index in [0.29, 0.717) is 60.4 Å². The quantitative estimate of drug-likeness (QED) is 0.248. The SMILES string of the molecule is O=C1CCC(N2Cc3cc(CN4CCN(C5CCNC(C6CN(C7CCN(Cc8cccc9c8C(=O)N(C8CCC(=O)NC8=O)C9=O)CC7)CCN6)C5)CC4)ccc3C2=O)C(=O)N1. The second-order valence-electron chi connectivity index (χ2n) is 18.8. The van der Waals surface area contributed by atoms with Crippen LogP contribution in [-0.4, -0.2) is 172 Å². The van der Waals surface area contributed by atoms with Crippen molar-refractivity contribution in [2.24, 2.45) is 0 Å². The number of carbonyl (C=O) groups is 7. The first-order valence-corrected chi connectivity index (χ1v) is 23.1. The van der Waals surface area contributed by atoms with Gasteiger partial charge in [0.15, 0.2) is 0 Å². The minimum atomic E-state index is -0.971. The Balaban J connectivity index is 0.682. The van der Waals surface area contributed by atoms with Crippen molar-refractivity contribution < 1.29 is 33.6 Å². The van der Waals surface area contributed by atoms with Gasteiger partial charge >= 0.3 is 0 Å². The van der Waals surface area contributed by atoms with Gasteiger partial charge in [-0.15, -0.1) is 0 Å². The zero-order valence-corrected chi connectivity index (χ0v) is 35.8. The van der Waals surface area contributed by atoms with Crippen molar-refractivity contribution in [2.45, 2.75) is 107 Å². The molecule has 0 aromatic heterocycles. The lowest BCUT2D eigenvalue weighted by atomic mass is 9.90. The fourth-order valence-electron chi connectivity index (χ4n) is 11.6. The van der Waals surface area contributed by atoms with E-state index >= 15 is 0 Å². The Hall–Kier alpha value is -4.91. The van der Waals surface area contributed by atoms with Crippen LogP contribution in [0.1, 0.15) is 99.1 Å². The molecule has 7 amide bonds. The van der Waals surface area contributed by atoms with Crippen molar-refractivity contribution in [1.82, 2.24) is 50.7 Å². The average molecular weight is 863 g/mol. The predicted octanol–water partition coefficient (Wildman–Crippen LogP) is 0.0254. The monoisotopic (exact) mass is 862 g/mol. The maximum Gasteiger partial charge on any atom is 0.262 e. The molecule has 2 aromatic rings. The largest absolute Gasteiger partial charge is 0.322 e. The second-order valence-corrected chi connectivity index (χ2v) is 18.8. The van der Waals surface area contributed by atoms with Crippen molar-refractivity contribution in [1.29, 1.82) is 0 Å². The summed E-state index contributed by atoms with van der Waals surface area (Å²) in [6.45, 7) is 11.6. The molecule has 17 nitrogen and oxygen atoms in total. The number of carbonyl (C=O) groups excluding carboxylic acids is 7. The van der Waals surface area contributed by atoms with E-state index < -0.39 is 29.8 Å². The van der Waals surface area contributed by atoms with E-state index in [1.165, 1.54) is 5.56 Å². The molecule has 8 aliphatic heterocycles. The maximum absolute atomic E-state index is 13.7. The van der Waals surface area contributed by atoms with Crippen LogP contribution in [0.3, 0.4) is 0 Å². The molecule has 8 heterocycles. The molecule has 63 heavy (non-hydrogen) atoms. The third-order valence-electron chi connectivity index (χ3n) is 15.1. The lowest BCUT2D eigenvalue weighted by molar-refractivity contribution is -0.138. The van der Waals surface area contributed by atoms with Crippen LogP contribution in [0.4, 0.5) is 0 Å². The summed E-state index contributed by atoms with van der Waals surface area (Å²) in [5.74, 6) is -2.69. The summed E-state index contributed by atoms with van der Waals surface area (Å²) >= 11 is 0. The van der Waals surface area contributed by atoms with Crippen molar-refractivity contribution >= 4 is 41.4 Å². The van der Waals surface area contributed by atoms with Gasteiger partial charge in [0.1, 0.15) is 12.1 Å². The van der Waals surface area contributed by atoms with E-state index in [-0.39, 0.29) is 42.9 Å². The van der Waals surface area contributed by atoms with E-state index in [4.69, 9.17) is 0 Å². The molecule has 2 aromatic carbocycles. The average Bonchev–Trinajstić information content (AvgIpc) is 3.75. The molecule has 5 atom stereocenters. The Bertz CT molecular complexity index is 2200. The highest BCUT2D eigenvalue weighted by molar-refractivity contribution is 6.24. The van der Waals surface area contributed by atoms with Crippen LogP contribution < -0.4 is 21.3 Å². The van der Waals surface area contributed by atoms with Gasteiger partial charge in [-0.3, -0.25) is 68.7 Å². The molecule has 4 N–H and O–H groups in total. The molecule has 334 valence electrons. The van der Waals surface area contributed by atoms with Crippen LogP contribution >= 0.6 is 0 Å². The van der Waals surface area contributed by atoms with Crippen molar-refractivity contribution in [2.75, 3.05) is 65.4 Å². The van der Waals surface area contributed by atoms with Crippen molar-refractivity contribution in [3.63, 3.8) is 0 Å². The number of piperazine rings is 2. The van der Waals surface area contributed by atoms with Gasteiger partial charge in [-0.1, -0.05) is 24.3 Å². The van der Waals surface area contributed by atoms with Crippen LogP contribution in [0, 0.1) is 0 Å². The zero-order valence-electron chi connectivity index (χ0n) is 35.8. The number of benzene rings is 2. The molecule has 0 radical (unpaired) electrons.